The monoisotopic (exact) mass is 496 g/mol. The summed E-state index contributed by atoms with van der Waals surface area (Å²) in [5, 5.41) is 20.3. The summed E-state index contributed by atoms with van der Waals surface area (Å²) in [7, 11) is 0. The molecule has 0 unspecified atom stereocenters. The molecule has 0 amide bonds. The summed E-state index contributed by atoms with van der Waals surface area (Å²) >= 11 is 0. The zero-order valence-electron chi connectivity index (χ0n) is 19.2. The second kappa shape index (κ2) is 6.91. The molecule has 0 saturated heterocycles. The van der Waals surface area contributed by atoms with Crippen LogP contribution in [0.5, 0.6) is 0 Å². The van der Waals surface area contributed by atoms with Gasteiger partial charge in [0.25, 0.3) is 11.8 Å². The topological polar surface area (TPSA) is 138 Å². The van der Waals surface area contributed by atoms with Gasteiger partial charge in [-0.3, -0.25) is 18.8 Å². The van der Waals surface area contributed by atoms with Crippen molar-refractivity contribution in [3.05, 3.63) is 91.2 Å². The Kier molecular flexibility index (Phi) is 3.53. The molecule has 0 aliphatic carbocycles. The molecule has 178 valence electrons. The van der Waals surface area contributed by atoms with Crippen LogP contribution in [-0.2, 0) is 0 Å². The molecule has 7 aromatic heterocycles. The van der Waals surface area contributed by atoms with Gasteiger partial charge in [-0.25, -0.2) is 9.97 Å². The van der Waals surface area contributed by atoms with Gasteiger partial charge >= 0.3 is 0 Å². The Morgan fingerprint density at radius 1 is 0.579 bits per heavy atom. The third-order valence-electron chi connectivity index (χ3n) is 6.90. The van der Waals surface area contributed by atoms with Crippen LogP contribution >= 0.6 is 0 Å². The van der Waals surface area contributed by atoms with Crippen LogP contribution in [0.3, 0.4) is 0 Å². The molecule has 2 aromatic carbocycles. The minimum absolute atomic E-state index is 0.193. The molecule has 0 saturated carbocycles. The van der Waals surface area contributed by atoms with E-state index < -0.39 is 0 Å². The van der Waals surface area contributed by atoms with Crippen LogP contribution in [-0.4, -0.2) is 49.1 Å². The smallest absolute Gasteiger partial charge is 0.256 e. The quantitative estimate of drug-likeness (QED) is 0.351. The molecule has 12 heteroatoms. The Hall–Kier alpha value is -5.78. The first-order valence-corrected chi connectivity index (χ1v) is 11.7. The molecule has 0 atom stereocenters. The highest BCUT2D eigenvalue weighted by Crippen LogP contribution is 2.36. The largest absolute Gasteiger partial charge is 0.423 e. The van der Waals surface area contributed by atoms with Gasteiger partial charge in [0.2, 0.25) is 12.8 Å². The molecule has 0 spiro atoms. The maximum Gasteiger partial charge on any atom is 0.256 e. The number of nitrogens with zero attached hydrogens (tertiary/aromatic N) is 10. The Morgan fingerprint density at radius 2 is 1.05 bits per heavy atom. The normalized spacial score (nSPS) is 12.2. The zero-order valence-corrected chi connectivity index (χ0v) is 19.2. The number of benzene rings is 2. The van der Waals surface area contributed by atoms with E-state index in [1.165, 1.54) is 12.8 Å². The third kappa shape index (κ3) is 2.29. The molecular weight excluding hydrogens is 484 g/mol. The van der Waals surface area contributed by atoms with Gasteiger partial charge in [-0.1, -0.05) is 36.4 Å². The lowest BCUT2D eigenvalue weighted by Gasteiger charge is -2.04. The van der Waals surface area contributed by atoms with Crippen LogP contribution in [0.25, 0.3) is 60.5 Å². The van der Waals surface area contributed by atoms with E-state index in [1.54, 1.807) is 24.8 Å². The van der Waals surface area contributed by atoms with E-state index >= 15 is 0 Å². The van der Waals surface area contributed by atoms with E-state index in [0.29, 0.717) is 22.3 Å². The average Bonchev–Trinajstić information content (AvgIpc) is 3.76. The molecular formula is C26H12N10O2. The summed E-state index contributed by atoms with van der Waals surface area (Å²) in [4.78, 5) is 19.0. The number of para-hydroxylation sites is 2. The van der Waals surface area contributed by atoms with E-state index in [9.17, 15) is 0 Å². The van der Waals surface area contributed by atoms with Crippen molar-refractivity contribution < 1.29 is 8.83 Å². The third-order valence-corrected chi connectivity index (χ3v) is 6.90. The Labute approximate surface area is 209 Å². The van der Waals surface area contributed by atoms with Crippen molar-refractivity contribution in [2.24, 2.45) is 0 Å². The highest BCUT2D eigenvalue weighted by Gasteiger charge is 2.26. The molecule has 7 heterocycles. The minimum Gasteiger partial charge on any atom is -0.423 e. The minimum atomic E-state index is 0.193. The maximum atomic E-state index is 5.75. The maximum absolute atomic E-state index is 5.75. The van der Waals surface area contributed by atoms with Crippen molar-refractivity contribution in [1.82, 2.24) is 49.1 Å². The lowest BCUT2D eigenvalue weighted by atomic mass is 10.1. The van der Waals surface area contributed by atoms with Gasteiger partial charge in [0.05, 0.1) is 11.0 Å². The lowest BCUT2D eigenvalue weighted by molar-refractivity contribution is 0.512. The fourth-order valence-corrected chi connectivity index (χ4v) is 5.55. The number of rotatable bonds is 2. The summed E-state index contributed by atoms with van der Waals surface area (Å²) in [6, 6.07) is 12.3. The van der Waals surface area contributed by atoms with E-state index in [0.717, 1.165) is 43.6 Å². The molecule has 0 aliphatic heterocycles. The standard InChI is InChI=1S/C26H12N10O2/c1-3-13-14-4-2-6-16-19-23(30-10-8-28-19)36(21(14)16)26(17(24-33-31-11-37-24)25-34-32-12-38-25)35-20(13)15(5-1)18-22(35)29-9-7-27-18/h1-12H. The van der Waals surface area contributed by atoms with Gasteiger partial charge in [-0.2, -0.15) is 0 Å². The van der Waals surface area contributed by atoms with Crippen molar-refractivity contribution in [3.8, 4) is 0 Å². The summed E-state index contributed by atoms with van der Waals surface area (Å²) in [6.45, 7) is 0. The SMILES string of the molecule is c1cc2c3cccc4c5nccnc5n(c(=C(c5nnco5)c5nnco5)n5c6nccnc6c(c1)c25)c34. The average molecular weight is 496 g/mol. The van der Waals surface area contributed by atoms with Crippen molar-refractivity contribution in [2.45, 2.75) is 0 Å². The second-order valence-corrected chi connectivity index (χ2v) is 8.72. The van der Waals surface area contributed by atoms with E-state index in [4.69, 9.17) is 28.8 Å². The summed E-state index contributed by atoms with van der Waals surface area (Å²) in [5.41, 5.74) is 5.58. The number of aromatic nitrogens is 10. The Morgan fingerprint density at radius 3 is 1.53 bits per heavy atom. The second-order valence-electron chi connectivity index (χ2n) is 8.72. The predicted octanol–water partition coefficient (Wildman–Crippen LogP) is 3.12. The van der Waals surface area contributed by atoms with E-state index in [1.807, 2.05) is 33.1 Å². The Bertz CT molecular complexity index is 2240. The van der Waals surface area contributed by atoms with Crippen molar-refractivity contribution in [2.75, 3.05) is 0 Å². The summed E-state index contributed by atoms with van der Waals surface area (Å²) in [5.74, 6) is 0.387. The molecule has 0 fully saturated rings. The van der Waals surface area contributed by atoms with Crippen LogP contribution in [0.15, 0.2) is 82.8 Å². The van der Waals surface area contributed by atoms with Gasteiger partial charge in [0.15, 0.2) is 11.3 Å². The van der Waals surface area contributed by atoms with Crippen LogP contribution in [0, 0.1) is 0 Å². The first kappa shape index (κ1) is 19.4. The summed E-state index contributed by atoms with van der Waals surface area (Å²) < 4.78 is 15.6. The first-order chi connectivity index (χ1) is 18.9. The van der Waals surface area contributed by atoms with Crippen LogP contribution in [0.1, 0.15) is 11.8 Å². The van der Waals surface area contributed by atoms with Gasteiger partial charge < -0.3 is 8.83 Å². The number of fused-ring (bicyclic) bond motifs is 7. The van der Waals surface area contributed by atoms with E-state index in [-0.39, 0.29) is 11.8 Å². The van der Waals surface area contributed by atoms with E-state index in [2.05, 4.69) is 32.5 Å². The molecule has 38 heavy (non-hydrogen) atoms. The highest BCUT2D eigenvalue weighted by atomic mass is 16.4. The van der Waals surface area contributed by atoms with Crippen LogP contribution < -0.4 is 5.48 Å². The summed E-state index contributed by atoms with van der Waals surface area (Å²) in [6.07, 6.45) is 9.24. The van der Waals surface area contributed by atoms with Crippen molar-refractivity contribution in [1.29, 1.82) is 0 Å². The molecule has 0 bridgehead atoms. The molecule has 0 N–H and O–H groups in total. The van der Waals surface area contributed by atoms with Gasteiger partial charge in [0.1, 0.15) is 22.1 Å². The van der Waals surface area contributed by atoms with Crippen LogP contribution in [0.4, 0.5) is 0 Å². The van der Waals surface area contributed by atoms with Gasteiger partial charge in [-0.15, -0.1) is 20.4 Å². The molecule has 0 aliphatic rings. The number of hydrogen-bond donors (Lipinski definition) is 0. The first-order valence-electron chi connectivity index (χ1n) is 11.7. The molecule has 9 aromatic rings. The van der Waals surface area contributed by atoms with Gasteiger partial charge in [0, 0.05) is 46.3 Å². The molecule has 9 rings (SSSR count). The zero-order chi connectivity index (χ0) is 24.8. The van der Waals surface area contributed by atoms with Crippen molar-refractivity contribution in [3.63, 3.8) is 0 Å². The number of hydrogen-bond acceptors (Lipinski definition) is 10. The molecule has 12 nitrogen and oxygen atoms in total. The predicted molar refractivity (Wildman–Crippen MR) is 135 cm³/mol. The highest BCUT2D eigenvalue weighted by molar-refractivity contribution is 6.22. The molecule has 0 radical (unpaired) electrons. The Balaban J connectivity index is 1.81. The lowest BCUT2D eigenvalue weighted by Crippen LogP contribution is -2.25. The van der Waals surface area contributed by atoms with Crippen molar-refractivity contribution >= 4 is 60.5 Å². The fourth-order valence-electron chi connectivity index (χ4n) is 5.55. The fraction of sp³-hybridized carbons (Fsp3) is 0. The van der Waals surface area contributed by atoms with Crippen LogP contribution in [0.2, 0.25) is 0 Å². The van der Waals surface area contributed by atoms with Gasteiger partial charge in [-0.05, 0) is 0 Å².